The van der Waals surface area contributed by atoms with Gasteiger partial charge in [-0.25, -0.2) is 28.8 Å². The number of nitrogens with zero attached hydrogens (tertiary/aromatic N) is 2. The number of ether oxygens (including phenoxy) is 14. The first-order valence-corrected chi connectivity index (χ1v) is 44.7. The number of rotatable bonds is 14. The molecule has 18 rings (SSSR count). The van der Waals surface area contributed by atoms with Gasteiger partial charge in [0.15, 0.2) is 36.6 Å². The molecule has 33 atom stereocenters. The van der Waals surface area contributed by atoms with Crippen molar-refractivity contribution in [3.05, 3.63) is 72.9 Å². The van der Waals surface area contributed by atoms with Crippen molar-refractivity contribution in [2.24, 2.45) is 17.8 Å². The minimum absolute atomic E-state index is 0.0151. The summed E-state index contributed by atoms with van der Waals surface area (Å²) in [5, 5.41) is 14.4. The minimum Gasteiger partial charge on any atom is -0.469 e. The second-order valence-corrected chi connectivity index (χ2v) is 41.8. The van der Waals surface area contributed by atoms with E-state index in [0.29, 0.717) is 0 Å². The molecule has 42 nitrogen and oxygen atoms in total. The summed E-state index contributed by atoms with van der Waals surface area (Å²) in [5.41, 5.74) is 0.756. The molecular weight excluding hydrogens is 1790 g/mol. The number of methoxy groups -OCH3 is 2. The highest BCUT2D eigenvalue weighted by atomic mass is 32.2. The zero-order valence-corrected chi connectivity index (χ0v) is 69.0. The molecule has 18 saturated heterocycles. The summed E-state index contributed by atoms with van der Waals surface area (Å²) < 4.78 is 317. The predicted octanol–water partition coefficient (Wildman–Crippen LogP) is -1.24. The second kappa shape index (κ2) is 30.7. The molecule has 0 N–H and O–H groups in total. The summed E-state index contributed by atoms with van der Waals surface area (Å²) in [5.74, 6) is -10.2. The highest BCUT2D eigenvalue weighted by molar-refractivity contribution is 7.90. The maximum atomic E-state index is 13.3. The monoisotopic (exact) mass is 1860 g/mol. The van der Waals surface area contributed by atoms with E-state index in [2.05, 4.69) is 57.3 Å². The van der Waals surface area contributed by atoms with Crippen LogP contribution in [0.25, 0.3) is 0 Å². The van der Waals surface area contributed by atoms with E-state index in [0.717, 1.165) is 14.2 Å². The van der Waals surface area contributed by atoms with Gasteiger partial charge in [0.1, 0.15) is 131 Å². The van der Waals surface area contributed by atoms with Gasteiger partial charge in [-0.3, -0.25) is 34.7 Å². The fraction of sp³-hybridized carbons (Fsp3) is 0.676. The smallest absolute Gasteiger partial charge is 0.413 e. The lowest BCUT2D eigenvalue weighted by Crippen LogP contribution is -2.57. The Labute approximate surface area is 688 Å². The number of carbonyl (C=O) groups is 8. The van der Waals surface area contributed by atoms with Crippen molar-refractivity contribution in [1.29, 1.82) is 10.5 Å². The van der Waals surface area contributed by atoms with Crippen molar-refractivity contribution >= 4 is 108 Å². The zero-order valence-electron chi connectivity index (χ0n) is 64.1. The number of hydrogen-bond acceptors (Lipinski definition) is 42. The zero-order chi connectivity index (χ0) is 90.6. The van der Waals surface area contributed by atoms with Gasteiger partial charge in [-0.1, -0.05) is 39.5 Å². The Kier molecular flexibility index (Phi) is 23.0. The second-order valence-electron chi connectivity index (χ2n) is 31.1. The van der Waals surface area contributed by atoms with Gasteiger partial charge in [-0.05, 0) is 41.5 Å². The summed E-state index contributed by atoms with van der Waals surface area (Å²) in [6, 6.07) is 3.70. The summed E-state index contributed by atoms with van der Waals surface area (Å²) >= 11 is 0. The van der Waals surface area contributed by atoms with Crippen molar-refractivity contribution < 1.29 is 207 Å². The summed E-state index contributed by atoms with van der Waals surface area (Å²) in [6.45, 7) is 29.1. The van der Waals surface area contributed by atoms with Crippen LogP contribution in [-0.2, 0) is 190 Å². The third kappa shape index (κ3) is 14.0. The third-order valence-corrected chi connectivity index (χ3v) is 34.3. The standard InChI is InChI=1S/2C12H14O8S.2C11H11F3O6S.2C11H11NO6S/c1-5(2)10(13)19-7-6-4-12(11(14)17-3)9(18-6)8(7)20-21(12,15)16;1-4(2)11(13)19-7-6-5(12(14)17-3)10-9(18-6)8(7)20-21(10,15)16;1-4(2)9(15)19-6-5-3-10(11(12,13)14)8(18-5)7(6)20-21(10,16)17;1-3(2)10(15)19-6-5-4(11(12,13)14)9-8(18-5)7(6)20-21(9,16)17;1-5(2)10(13)17-7-6-3-11(4-12)9(16-6)8(7)18-19(11,14)15;1-4(2)11(13)17-7-6-5(3-12)10-9(16-6)8(7)18-19(10,14)15/h6-9H,1,4H2,2-3H3;5-10H,1H2,2-3H3;5-8H,1,3H2,2H3;4-9H,1H2,2H3;6-9H,1,3H2,2H3;5-10H,1H2,2H3. The Hall–Kier alpha value is -8.02. The lowest BCUT2D eigenvalue weighted by Gasteiger charge is -2.30. The molecule has 0 spiro atoms. The van der Waals surface area contributed by atoms with Crippen LogP contribution in [0.15, 0.2) is 72.9 Å². The van der Waals surface area contributed by atoms with Crippen LogP contribution in [-0.4, -0.2) is 301 Å². The fourth-order valence-corrected chi connectivity index (χ4v) is 28.6. The van der Waals surface area contributed by atoms with Crippen molar-refractivity contribution in [2.45, 2.75) is 250 Å². The molecule has 18 aliphatic heterocycles. The molecule has 0 saturated carbocycles. The van der Waals surface area contributed by atoms with Crippen LogP contribution in [0.1, 0.15) is 60.8 Å². The molecule has 122 heavy (non-hydrogen) atoms. The minimum atomic E-state index is -5.02. The molecule has 18 fully saturated rings. The molecule has 18 aliphatic rings. The molecule has 0 aromatic heterocycles. The highest BCUT2D eigenvalue weighted by Crippen LogP contribution is 2.63. The lowest BCUT2D eigenvalue weighted by molar-refractivity contribution is -0.199. The lowest BCUT2D eigenvalue weighted by atomic mass is 9.84. The predicted molar refractivity (Wildman–Crippen MR) is 374 cm³/mol. The molecule has 0 aromatic rings. The van der Waals surface area contributed by atoms with Crippen LogP contribution in [0, 0.1) is 40.4 Å². The van der Waals surface area contributed by atoms with Crippen LogP contribution >= 0.6 is 0 Å². The van der Waals surface area contributed by atoms with Gasteiger partial charge in [0, 0.05) is 52.7 Å². The number of carbonyl (C=O) groups excluding carboxylic acids is 8. The van der Waals surface area contributed by atoms with Gasteiger partial charge < -0.3 is 66.3 Å². The van der Waals surface area contributed by atoms with Crippen molar-refractivity contribution in [2.75, 3.05) is 14.2 Å². The SMILES string of the molecule is C=C(C)C(=O)OC1C2CC3(C#N)C(O2)C1OS3(=O)=O.C=C(C)C(=O)OC1C2CC3(C(=O)OC)C(O2)C1OS3(=O)=O.C=C(C)C(=O)OC1C2CC3(C(F)(F)F)C(O2)C1OS3(=O)=O.C=C(C)C(=O)OC1C2OC3C1OS(=O)(=O)C3C2C#N.C=C(C)C(=O)OC1C2OS(=O)(=O)C3C2OC1C3C(=O)OC.C=C(C)C(=O)OC1C2OS(=O)(=O)C3C2OC1C3C(F)(F)F. The Morgan fingerprint density at radius 3 is 1.17 bits per heavy atom. The maximum absolute atomic E-state index is 13.3. The first-order chi connectivity index (χ1) is 56.3. The average molecular weight is 1860 g/mol. The fourth-order valence-electron chi connectivity index (χ4n) is 17.9. The van der Waals surface area contributed by atoms with E-state index in [9.17, 15) is 115 Å². The summed E-state index contributed by atoms with van der Waals surface area (Å²) in [4.78, 5) is 93.1. The Bertz CT molecular complexity index is 5440. The largest absolute Gasteiger partial charge is 0.469 e. The molecule has 0 aliphatic carbocycles. The first kappa shape index (κ1) is 91.7. The quantitative estimate of drug-likeness (QED) is 0.0645. The highest BCUT2D eigenvalue weighted by Gasteiger charge is 2.86. The van der Waals surface area contributed by atoms with E-state index in [-0.39, 0.29) is 46.3 Å². The van der Waals surface area contributed by atoms with E-state index < -0.39 is 321 Å². The van der Waals surface area contributed by atoms with Crippen LogP contribution in [0.4, 0.5) is 26.3 Å². The van der Waals surface area contributed by atoms with Crippen molar-refractivity contribution in [3.8, 4) is 12.1 Å². The Morgan fingerprint density at radius 2 is 0.738 bits per heavy atom. The van der Waals surface area contributed by atoms with Crippen LogP contribution in [0.5, 0.6) is 0 Å². The van der Waals surface area contributed by atoms with Gasteiger partial charge in [0.25, 0.3) is 60.7 Å². The average Bonchev–Trinajstić information content (AvgIpc) is 1.50. The molecule has 0 radical (unpaired) electrons. The molecule has 672 valence electrons. The number of nitriles is 2. The maximum Gasteiger partial charge on any atom is 0.413 e. The molecule has 54 heteroatoms. The van der Waals surface area contributed by atoms with E-state index in [1.54, 1.807) is 6.07 Å². The van der Waals surface area contributed by atoms with E-state index in [1.807, 2.05) is 6.07 Å². The van der Waals surface area contributed by atoms with Crippen molar-refractivity contribution in [1.82, 2.24) is 0 Å². The number of halogens is 6. The van der Waals surface area contributed by atoms with E-state index in [4.69, 9.17) is 84.1 Å². The molecule has 33 unspecified atom stereocenters. The molecular formula is C68H72F6N2O40S6. The number of esters is 8. The Balaban J connectivity index is 0.000000126. The summed E-state index contributed by atoms with van der Waals surface area (Å²) in [7, 11) is -23.1. The summed E-state index contributed by atoms with van der Waals surface area (Å²) in [6.07, 6.45) is -35.7. The Morgan fingerprint density at radius 1 is 0.385 bits per heavy atom. The molecule has 18 heterocycles. The van der Waals surface area contributed by atoms with Gasteiger partial charge in [-0.15, -0.1) is 0 Å². The van der Waals surface area contributed by atoms with Crippen LogP contribution < -0.4 is 0 Å². The third-order valence-electron chi connectivity index (χ3n) is 23.3. The normalized spacial score (nSPS) is 43.2. The number of alkyl halides is 6. The van der Waals surface area contributed by atoms with Crippen molar-refractivity contribution in [3.63, 3.8) is 0 Å². The van der Waals surface area contributed by atoms with Gasteiger partial charge in [0.2, 0.25) is 14.2 Å². The number of hydrogen-bond donors (Lipinski definition) is 0. The van der Waals surface area contributed by atoms with Gasteiger partial charge in [-0.2, -0.15) is 87.4 Å². The molecule has 12 bridgehead atoms. The first-order valence-electron chi connectivity index (χ1n) is 36.0. The van der Waals surface area contributed by atoms with Gasteiger partial charge in [0.05, 0.1) is 38.4 Å². The topological polar surface area (TPSA) is 574 Å². The van der Waals surface area contributed by atoms with Gasteiger partial charge >= 0.3 is 60.1 Å². The molecule has 0 aromatic carbocycles. The number of fused-ring (bicyclic) bond motifs is 6. The van der Waals surface area contributed by atoms with Crippen LogP contribution in [0.3, 0.4) is 0 Å². The molecule has 0 amide bonds. The van der Waals surface area contributed by atoms with E-state index in [1.165, 1.54) is 41.5 Å². The van der Waals surface area contributed by atoms with E-state index >= 15 is 0 Å². The van der Waals surface area contributed by atoms with Crippen LogP contribution in [0.2, 0.25) is 0 Å².